The van der Waals surface area contributed by atoms with Gasteiger partial charge in [-0.25, -0.2) is 0 Å². The maximum atomic E-state index is 13.4. The van der Waals surface area contributed by atoms with Gasteiger partial charge in [-0.3, -0.25) is 44.1 Å². The second kappa shape index (κ2) is 18.8. The minimum atomic E-state index is -1.01. The van der Waals surface area contributed by atoms with Crippen LogP contribution in [-0.4, -0.2) is 106 Å². The van der Waals surface area contributed by atoms with E-state index in [2.05, 4.69) is 67.1 Å². The number of carbonyl (C=O) groups is 5. The highest BCUT2D eigenvalue weighted by atomic mass is 16.5. The Kier molecular flexibility index (Phi) is 12.6. The molecule has 4 aromatic rings. The van der Waals surface area contributed by atoms with Crippen molar-refractivity contribution in [3.05, 3.63) is 107 Å². The number of imide groups is 2. The fourth-order valence-corrected chi connectivity index (χ4v) is 10.4. The Labute approximate surface area is 367 Å². The zero-order valence-electron chi connectivity index (χ0n) is 35.5. The number of aromatic nitrogens is 1. The van der Waals surface area contributed by atoms with E-state index in [0.29, 0.717) is 30.6 Å². The van der Waals surface area contributed by atoms with E-state index in [9.17, 15) is 29.1 Å². The van der Waals surface area contributed by atoms with E-state index in [0.717, 1.165) is 98.7 Å². The maximum Gasteiger partial charge on any atom is 0.266 e. The van der Waals surface area contributed by atoms with E-state index in [4.69, 9.17) is 4.74 Å². The largest absolute Gasteiger partial charge is 0.493 e. The number of fused-ring (bicyclic) bond motifs is 4. The highest BCUT2D eigenvalue weighted by Crippen LogP contribution is 2.48. The van der Waals surface area contributed by atoms with Crippen molar-refractivity contribution in [2.45, 2.75) is 82.5 Å². The molecule has 0 spiro atoms. The Hall–Kier alpha value is -5.96. The lowest BCUT2D eigenvalue weighted by Crippen LogP contribution is -2.54. The summed E-state index contributed by atoms with van der Waals surface area (Å²) in [5.74, 6) is -0.946. The smallest absolute Gasteiger partial charge is 0.266 e. The van der Waals surface area contributed by atoms with E-state index >= 15 is 0 Å². The summed E-state index contributed by atoms with van der Waals surface area (Å²) >= 11 is 0. The number of aliphatic hydroxyl groups is 1. The highest BCUT2D eigenvalue weighted by molar-refractivity contribution is 6.24. The second-order valence-electron chi connectivity index (χ2n) is 17.6. The highest BCUT2D eigenvalue weighted by Gasteiger charge is 2.46. The lowest BCUT2D eigenvalue weighted by molar-refractivity contribution is -0.136. The van der Waals surface area contributed by atoms with Gasteiger partial charge in [-0.2, -0.15) is 0 Å². The van der Waals surface area contributed by atoms with Crippen LogP contribution in [0.15, 0.2) is 85.2 Å². The topological polar surface area (TPSA) is 174 Å². The standard InChI is InChI=1S/C49H55N7O7/c57-30-40-36-19-25-55(29-32-15-20-50-21-16-32)46(36)38-28-34(11-12-39(38)52-40)33-6-1-7-35(27-33)51-43(58)10-3-22-54-23-17-31(18-24-54)5-4-26-63-42-9-2-8-37-45(42)49(62)56(48(37)61)41-13-14-44(59)53-47(41)60/h1-2,6-9,11-12,15-16,20-21,27-28,31,36,40-41,46,52,57H,3-5,10,13-14,17-19,22-26,29-30H2,(H,51,58)(H,53,59,60)/t36-,40-,41?,46-/m1/s1. The number of hydrogen-bond donors (Lipinski definition) is 4. The van der Waals surface area contributed by atoms with Gasteiger partial charge in [0, 0.05) is 55.1 Å². The van der Waals surface area contributed by atoms with Gasteiger partial charge in [0.1, 0.15) is 11.8 Å². The van der Waals surface area contributed by atoms with Gasteiger partial charge in [0.25, 0.3) is 11.8 Å². The molecular formula is C49H55N7O7. The van der Waals surface area contributed by atoms with Crippen molar-refractivity contribution in [2.75, 3.05) is 50.0 Å². The SMILES string of the molecule is O=C1CCC(N2C(=O)c3cccc(OCCCC4CCN(CCCC(=O)Nc5cccc(-c6ccc7c(c6)[C@H]6[C@H](CCN6Cc6ccncc6)[C@@H](CO)N7)c5)CC4)c3C2=O)C(=O)N1. The second-order valence-corrected chi connectivity index (χ2v) is 17.6. The van der Waals surface area contributed by atoms with Crippen LogP contribution in [0.4, 0.5) is 11.4 Å². The summed E-state index contributed by atoms with van der Waals surface area (Å²) in [6, 6.07) is 22.8. The number of piperidine rings is 2. The quantitative estimate of drug-likeness (QED) is 0.0843. The molecule has 5 aliphatic rings. The van der Waals surface area contributed by atoms with Crippen molar-refractivity contribution in [2.24, 2.45) is 11.8 Å². The molecule has 1 aromatic heterocycles. The molecule has 5 aliphatic heterocycles. The molecule has 3 saturated heterocycles. The molecule has 1 unspecified atom stereocenters. The average Bonchev–Trinajstić information content (AvgIpc) is 3.83. The third kappa shape index (κ3) is 9.11. The first-order valence-corrected chi connectivity index (χ1v) is 22.5. The summed E-state index contributed by atoms with van der Waals surface area (Å²) < 4.78 is 6.05. The summed E-state index contributed by atoms with van der Waals surface area (Å²) in [5.41, 5.74) is 6.84. The molecule has 0 bridgehead atoms. The predicted molar refractivity (Wildman–Crippen MR) is 237 cm³/mol. The minimum absolute atomic E-state index is 0.00563. The maximum absolute atomic E-state index is 13.4. The number of pyridine rings is 1. The number of nitrogens with one attached hydrogen (secondary N) is 3. The first-order chi connectivity index (χ1) is 30.7. The molecule has 5 amide bonds. The summed E-state index contributed by atoms with van der Waals surface area (Å²) in [6.45, 7) is 5.11. The Morgan fingerprint density at radius 2 is 1.68 bits per heavy atom. The van der Waals surface area contributed by atoms with Crippen molar-refractivity contribution < 1.29 is 33.8 Å². The zero-order chi connectivity index (χ0) is 43.5. The van der Waals surface area contributed by atoms with E-state index < -0.39 is 29.7 Å². The van der Waals surface area contributed by atoms with E-state index in [1.807, 2.05) is 30.6 Å². The number of nitrogens with zero attached hydrogens (tertiary/aromatic N) is 4. The molecule has 14 heteroatoms. The first kappa shape index (κ1) is 42.3. The number of anilines is 2. The normalized spacial score (nSPS) is 22.6. The lowest BCUT2D eigenvalue weighted by Gasteiger charge is -2.39. The van der Waals surface area contributed by atoms with Crippen molar-refractivity contribution in [1.82, 2.24) is 25.0 Å². The summed E-state index contributed by atoms with van der Waals surface area (Å²) in [7, 11) is 0. The predicted octanol–water partition coefficient (Wildman–Crippen LogP) is 5.79. The van der Waals surface area contributed by atoms with Crippen LogP contribution in [-0.2, 0) is 20.9 Å². The molecule has 328 valence electrons. The summed E-state index contributed by atoms with van der Waals surface area (Å²) in [5, 5.41) is 19.3. The molecule has 0 radical (unpaired) electrons. The molecule has 0 saturated carbocycles. The molecule has 4 atom stereocenters. The summed E-state index contributed by atoms with van der Waals surface area (Å²) in [4.78, 5) is 73.8. The number of carbonyl (C=O) groups excluding carboxylic acids is 5. The van der Waals surface area contributed by atoms with Crippen LogP contribution in [0.3, 0.4) is 0 Å². The first-order valence-electron chi connectivity index (χ1n) is 22.5. The van der Waals surface area contributed by atoms with Gasteiger partial charge in [0.2, 0.25) is 17.7 Å². The Morgan fingerprint density at radius 1 is 0.873 bits per heavy atom. The Bertz CT molecular complexity index is 2370. The molecule has 9 rings (SSSR count). The van der Waals surface area contributed by atoms with Gasteiger partial charge < -0.3 is 25.4 Å². The molecule has 14 nitrogen and oxygen atoms in total. The molecule has 0 aliphatic carbocycles. The number of ether oxygens (including phenoxy) is 1. The summed E-state index contributed by atoms with van der Waals surface area (Å²) in [6.07, 6.45) is 10.0. The Morgan fingerprint density at radius 3 is 2.49 bits per heavy atom. The molecular weight excluding hydrogens is 799 g/mol. The molecule has 63 heavy (non-hydrogen) atoms. The minimum Gasteiger partial charge on any atom is -0.493 e. The zero-order valence-corrected chi connectivity index (χ0v) is 35.5. The van der Waals surface area contributed by atoms with Crippen molar-refractivity contribution in [3.63, 3.8) is 0 Å². The van der Waals surface area contributed by atoms with Crippen LogP contribution in [0.5, 0.6) is 5.75 Å². The third-order valence-corrected chi connectivity index (χ3v) is 13.6. The number of rotatable bonds is 15. The average molecular weight is 854 g/mol. The van der Waals surface area contributed by atoms with Gasteiger partial charge in [-0.15, -0.1) is 0 Å². The molecule has 4 N–H and O–H groups in total. The van der Waals surface area contributed by atoms with Crippen LogP contribution in [0.25, 0.3) is 11.1 Å². The monoisotopic (exact) mass is 853 g/mol. The number of likely N-dealkylation sites (tertiary alicyclic amines) is 2. The molecule has 6 heterocycles. The van der Waals surface area contributed by atoms with Crippen LogP contribution in [0.2, 0.25) is 0 Å². The van der Waals surface area contributed by atoms with Gasteiger partial charge in [0.05, 0.1) is 30.4 Å². The lowest BCUT2D eigenvalue weighted by atomic mass is 9.82. The Balaban J connectivity index is 0.713. The van der Waals surface area contributed by atoms with E-state index in [-0.39, 0.29) is 48.6 Å². The van der Waals surface area contributed by atoms with Crippen molar-refractivity contribution in [3.8, 4) is 16.9 Å². The van der Waals surface area contributed by atoms with Gasteiger partial charge in [-0.1, -0.05) is 24.3 Å². The van der Waals surface area contributed by atoms with E-state index in [1.54, 1.807) is 18.2 Å². The fraction of sp³-hybridized carbons (Fsp3) is 0.429. The van der Waals surface area contributed by atoms with Gasteiger partial charge in [-0.05, 0) is 148 Å². The third-order valence-electron chi connectivity index (χ3n) is 13.6. The number of amides is 5. The van der Waals surface area contributed by atoms with Crippen LogP contribution in [0, 0.1) is 11.8 Å². The molecule has 3 fully saturated rings. The van der Waals surface area contributed by atoms with Crippen molar-refractivity contribution in [1.29, 1.82) is 0 Å². The number of aliphatic hydroxyl groups excluding tert-OH is 1. The van der Waals surface area contributed by atoms with Crippen LogP contribution >= 0.6 is 0 Å². The van der Waals surface area contributed by atoms with Gasteiger partial charge in [0.15, 0.2) is 0 Å². The van der Waals surface area contributed by atoms with Crippen LogP contribution in [0.1, 0.15) is 95.7 Å². The molecule has 3 aromatic carbocycles. The number of benzene rings is 3. The van der Waals surface area contributed by atoms with Crippen molar-refractivity contribution >= 4 is 40.9 Å². The number of hydrogen-bond acceptors (Lipinski definition) is 11. The van der Waals surface area contributed by atoms with Crippen LogP contribution < -0.4 is 20.7 Å². The van der Waals surface area contributed by atoms with Gasteiger partial charge >= 0.3 is 0 Å². The fourth-order valence-electron chi connectivity index (χ4n) is 10.4. The van der Waals surface area contributed by atoms with E-state index in [1.165, 1.54) is 11.1 Å².